The van der Waals surface area contributed by atoms with Crippen molar-refractivity contribution in [2.24, 2.45) is 5.92 Å². The van der Waals surface area contributed by atoms with Crippen molar-refractivity contribution >= 4 is 27.1 Å². The number of nitrogens with one attached hydrogen (secondary N) is 1. The van der Waals surface area contributed by atoms with Crippen LogP contribution < -0.4 is 5.32 Å². The van der Waals surface area contributed by atoms with E-state index in [-0.39, 0.29) is 0 Å². The summed E-state index contributed by atoms with van der Waals surface area (Å²) in [5.41, 5.74) is 5.64. The second kappa shape index (κ2) is 10.0. The lowest BCUT2D eigenvalue weighted by molar-refractivity contribution is 0.641. The third-order valence-electron chi connectivity index (χ3n) is 4.18. The van der Waals surface area contributed by atoms with Crippen LogP contribution in [0, 0.1) is 5.92 Å². The zero-order chi connectivity index (χ0) is 18.1. The Morgan fingerprint density at radius 1 is 0.960 bits per heavy atom. The van der Waals surface area contributed by atoms with Gasteiger partial charge in [-0.2, -0.15) is 0 Å². The zero-order valence-electron chi connectivity index (χ0n) is 15.0. The highest BCUT2D eigenvalue weighted by atomic mass is 79.9. The highest BCUT2D eigenvalue weighted by molar-refractivity contribution is 9.09. The van der Waals surface area contributed by atoms with Gasteiger partial charge in [-0.15, -0.1) is 0 Å². The first-order chi connectivity index (χ1) is 12.2. The number of allylic oxidation sites excluding steroid dienone is 3. The minimum absolute atomic E-state index is 0.852. The predicted molar refractivity (Wildman–Crippen MR) is 114 cm³/mol. The van der Waals surface area contributed by atoms with Crippen LogP contribution in [-0.2, 0) is 0 Å². The molecule has 130 valence electrons. The van der Waals surface area contributed by atoms with Gasteiger partial charge in [-0.3, -0.25) is 0 Å². The number of hydrogen-bond donors (Lipinski definition) is 1. The van der Waals surface area contributed by atoms with Gasteiger partial charge in [0.1, 0.15) is 0 Å². The van der Waals surface area contributed by atoms with Crippen molar-refractivity contribution in [1.82, 2.24) is 5.32 Å². The highest BCUT2D eigenvalue weighted by Gasteiger charge is 2.11. The smallest absolute Gasteiger partial charge is 0.0386 e. The molecular weight excluding hydrogens is 370 g/mol. The summed E-state index contributed by atoms with van der Waals surface area (Å²) in [4.78, 5) is 0. The molecular formula is C23H26BrN. The van der Waals surface area contributed by atoms with Gasteiger partial charge in [0.2, 0.25) is 0 Å². The number of hydrogen-bond acceptors (Lipinski definition) is 1. The van der Waals surface area contributed by atoms with Crippen LogP contribution in [0.1, 0.15) is 31.4 Å². The summed E-state index contributed by atoms with van der Waals surface area (Å²) in [7, 11) is 0. The van der Waals surface area contributed by atoms with E-state index < -0.39 is 0 Å². The highest BCUT2D eigenvalue weighted by Crippen LogP contribution is 2.29. The fourth-order valence-electron chi connectivity index (χ4n) is 2.31. The first-order valence-electron chi connectivity index (χ1n) is 8.70. The average Bonchev–Trinajstić information content (AvgIpc) is 2.69. The Labute approximate surface area is 160 Å². The number of dihydropyridines is 1. The van der Waals surface area contributed by atoms with E-state index in [1.807, 2.05) is 30.5 Å². The second-order valence-electron chi connectivity index (χ2n) is 6.18. The van der Waals surface area contributed by atoms with Gasteiger partial charge in [-0.05, 0) is 28.7 Å². The van der Waals surface area contributed by atoms with Gasteiger partial charge in [0.25, 0.3) is 0 Å². The molecule has 0 saturated carbocycles. The summed E-state index contributed by atoms with van der Waals surface area (Å²) in [5.74, 6) is 0.852. The van der Waals surface area contributed by atoms with Gasteiger partial charge in [0.15, 0.2) is 0 Å². The minimum Gasteiger partial charge on any atom is -0.361 e. The standard InChI is InChI=1S/C18H15N.C5H11Br/c1-14-18(16-10-6-3-7-11-16)12-17(13-19-14)15-8-4-2-5-9-15;1-3-5(2)4-6/h2-13,19H,1H2;5H,3-4H2,1-2H3. The van der Waals surface area contributed by atoms with E-state index in [4.69, 9.17) is 0 Å². The molecule has 25 heavy (non-hydrogen) atoms. The van der Waals surface area contributed by atoms with Crippen molar-refractivity contribution in [2.75, 3.05) is 5.33 Å². The lowest BCUT2D eigenvalue weighted by Crippen LogP contribution is -2.11. The molecule has 1 N–H and O–H groups in total. The SMILES string of the molecule is C=C1NC=C(c2ccccc2)C=C1c1ccccc1.CCC(C)CBr. The molecule has 2 aromatic carbocycles. The molecule has 1 heterocycles. The van der Waals surface area contributed by atoms with E-state index in [2.05, 4.69) is 84.1 Å². The van der Waals surface area contributed by atoms with E-state index in [1.165, 1.54) is 23.1 Å². The first kappa shape index (κ1) is 19.3. The minimum atomic E-state index is 0.852. The molecule has 0 spiro atoms. The molecule has 2 aromatic rings. The first-order valence-corrected chi connectivity index (χ1v) is 9.82. The summed E-state index contributed by atoms with van der Waals surface area (Å²) in [6.07, 6.45) is 5.47. The third-order valence-corrected chi connectivity index (χ3v) is 5.28. The van der Waals surface area contributed by atoms with Crippen molar-refractivity contribution in [2.45, 2.75) is 20.3 Å². The lowest BCUT2D eigenvalue weighted by Gasteiger charge is -2.18. The van der Waals surface area contributed by atoms with Gasteiger partial charge in [0, 0.05) is 22.8 Å². The van der Waals surface area contributed by atoms with Gasteiger partial charge in [0.05, 0.1) is 0 Å². The van der Waals surface area contributed by atoms with E-state index in [1.54, 1.807) is 0 Å². The lowest BCUT2D eigenvalue weighted by atomic mass is 9.95. The maximum atomic E-state index is 4.08. The summed E-state index contributed by atoms with van der Waals surface area (Å²) >= 11 is 3.37. The molecule has 1 unspecified atom stereocenters. The fourth-order valence-corrected chi connectivity index (χ4v) is 2.77. The summed E-state index contributed by atoms with van der Waals surface area (Å²) < 4.78 is 0. The van der Waals surface area contributed by atoms with Crippen molar-refractivity contribution in [1.29, 1.82) is 0 Å². The van der Waals surface area contributed by atoms with E-state index in [9.17, 15) is 0 Å². The number of halogens is 1. The molecule has 0 fully saturated rings. The molecule has 1 atom stereocenters. The predicted octanol–water partition coefficient (Wildman–Crippen LogP) is 6.66. The Bertz CT molecular complexity index is 725. The van der Waals surface area contributed by atoms with E-state index in [0.29, 0.717) is 0 Å². The van der Waals surface area contributed by atoms with Crippen LogP contribution in [0.4, 0.5) is 0 Å². The molecule has 0 amide bonds. The van der Waals surface area contributed by atoms with Crippen LogP contribution in [0.5, 0.6) is 0 Å². The monoisotopic (exact) mass is 395 g/mol. The average molecular weight is 396 g/mol. The van der Waals surface area contributed by atoms with Crippen LogP contribution in [0.25, 0.3) is 11.1 Å². The van der Waals surface area contributed by atoms with Gasteiger partial charge in [-0.1, -0.05) is 103 Å². The molecule has 1 nitrogen and oxygen atoms in total. The topological polar surface area (TPSA) is 12.0 Å². The molecule has 1 aliphatic rings. The quantitative estimate of drug-likeness (QED) is 0.570. The Balaban J connectivity index is 0.000000326. The number of alkyl halides is 1. The molecule has 0 saturated heterocycles. The Kier molecular flexibility index (Phi) is 7.75. The summed E-state index contributed by atoms with van der Waals surface area (Å²) in [6.45, 7) is 8.51. The Morgan fingerprint density at radius 2 is 1.52 bits per heavy atom. The van der Waals surface area contributed by atoms with Gasteiger partial charge < -0.3 is 5.32 Å². The normalized spacial score (nSPS) is 14.4. The summed E-state index contributed by atoms with van der Waals surface area (Å²) in [5, 5.41) is 4.40. The zero-order valence-corrected chi connectivity index (χ0v) is 16.6. The van der Waals surface area contributed by atoms with Crippen molar-refractivity contribution < 1.29 is 0 Å². The van der Waals surface area contributed by atoms with Crippen molar-refractivity contribution in [3.05, 3.63) is 96.3 Å². The van der Waals surface area contributed by atoms with E-state index in [0.717, 1.165) is 22.5 Å². The Morgan fingerprint density at radius 3 is 2.00 bits per heavy atom. The molecule has 3 rings (SSSR count). The van der Waals surface area contributed by atoms with Gasteiger partial charge in [-0.25, -0.2) is 0 Å². The third kappa shape index (κ3) is 5.75. The number of benzene rings is 2. The van der Waals surface area contributed by atoms with Gasteiger partial charge >= 0.3 is 0 Å². The summed E-state index contributed by atoms with van der Waals surface area (Å²) in [6, 6.07) is 20.7. The molecule has 1 aliphatic heterocycles. The molecule has 0 aliphatic carbocycles. The van der Waals surface area contributed by atoms with Crippen molar-refractivity contribution in [3.63, 3.8) is 0 Å². The largest absolute Gasteiger partial charge is 0.361 e. The number of rotatable bonds is 4. The van der Waals surface area contributed by atoms with E-state index >= 15 is 0 Å². The van der Waals surface area contributed by atoms with Crippen LogP contribution in [0.2, 0.25) is 0 Å². The second-order valence-corrected chi connectivity index (χ2v) is 6.83. The van der Waals surface area contributed by atoms with Crippen LogP contribution >= 0.6 is 15.9 Å². The van der Waals surface area contributed by atoms with Crippen LogP contribution in [-0.4, -0.2) is 5.33 Å². The fraction of sp³-hybridized carbons (Fsp3) is 0.217. The maximum Gasteiger partial charge on any atom is 0.0386 e. The molecule has 0 aromatic heterocycles. The molecule has 0 bridgehead atoms. The van der Waals surface area contributed by atoms with Crippen LogP contribution in [0.15, 0.2) is 85.2 Å². The maximum absolute atomic E-state index is 4.08. The Hall–Kier alpha value is -2.06. The molecule has 2 heteroatoms. The van der Waals surface area contributed by atoms with Crippen molar-refractivity contribution in [3.8, 4) is 0 Å². The van der Waals surface area contributed by atoms with Crippen LogP contribution in [0.3, 0.4) is 0 Å². The molecule has 0 radical (unpaired) electrons.